The van der Waals surface area contributed by atoms with Gasteiger partial charge in [-0.2, -0.15) is 4.79 Å². The fraction of sp³-hybridized carbons (Fsp3) is 0.0625. The molecule has 21 heavy (non-hydrogen) atoms. The van der Waals surface area contributed by atoms with Gasteiger partial charge in [0.05, 0.1) is 18.2 Å². The van der Waals surface area contributed by atoms with Crippen LogP contribution in [0.2, 0.25) is 0 Å². The molecule has 0 fully saturated rings. The molecule has 0 aliphatic heterocycles. The summed E-state index contributed by atoms with van der Waals surface area (Å²) >= 11 is 0. The van der Waals surface area contributed by atoms with Crippen LogP contribution in [0.25, 0.3) is 5.53 Å². The average molecular weight is 280 g/mol. The number of Topliss-reactive ketones (excluding diaryl/α,β-unsaturated/α-hetero) is 1. The number of esters is 1. The van der Waals surface area contributed by atoms with Gasteiger partial charge < -0.3 is 10.3 Å². The second-order valence-electron chi connectivity index (χ2n) is 4.18. The summed E-state index contributed by atoms with van der Waals surface area (Å²) in [4.78, 5) is 27.3. The van der Waals surface area contributed by atoms with Gasteiger partial charge in [0.15, 0.2) is 0 Å². The largest absolute Gasteiger partial charge is 0.465 e. The molecule has 0 atom stereocenters. The minimum atomic E-state index is -0.621. The first kappa shape index (κ1) is 14.4. The van der Waals surface area contributed by atoms with Crippen LogP contribution in [0.15, 0.2) is 54.6 Å². The van der Waals surface area contributed by atoms with E-state index in [0.29, 0.717) is 5.56 Å². The summed E-state index contributed by atoms with van der Waals surface area (Å²) in [5, 5.41) is 0. The maximum absolute atomic E-state index is 12.5. The van der Waals surface area contributed by atoms with Crippen LogP contribution in [-0.2, 0) is 4.74 Å². The standard InChI is InChI=1S/C16H12N2O3/c1-21-16(20)13-10-6-5-9-12(13)15(19)14(18-17)11-7-3-2-4-8-11/h2-10H,1H3. The minimum absolute atomic E-state index is 0.126. The SMILES string of the molecule is COC(=O)c1ccccc1C(=O)C(=[N+]=[N-])c1ccccc1. The molecule has 5 nitrogen and oxygen atoms in total. The molecule has 0 saturated carbocycles. The number of methoxy groups -OCH3 is 1. The highest BCUT2D eigenvalue weighted by atomic mass is 16.5. The second-order valence-corrected chi connectivity index (χ2v) is 4.18. The molecular formula is C16H12N2O3. The van der Waals surface area contributed by atoms with Crippen molar-refractivity contribution in [2.24, 2.45) is 0 Å². The van der Waals surface area contributed by atoms with E-state index in [0.717, 1.165) is 0 Å². The van der Waals surface area contributed by atoms with E-state index in [-0.39, 0.29) is 16.8 Å². The van der Waals surface area contributed by atoms with Crippen LogP contribution in [0.5, 0.6) is 0 Å². The number of hydrogen-bond acceptors (Lipinski definition) is 3. The van der Waals surface area contributed by atoms with Gasteiger partial charge in [-0.15, -0.1) is 0 Å². The average Bonchev–Trinajstić information content (AvgIpc) is 2.55. The Kier molecular flexibility index (Phi) is 4.39. The maximum atomic E-state index is 12.5. The molecule has 0 heterocycles. The topological polar surface area (TPSA) is 79.8 Å². The summed E-state index contributed by atoms with van der Waals surface area (Å²) in [5.41, 5.74) is 9.73. The Balaban J connectivity index is 2.50. The van der Waals surface area contributed by atoms with Gasteiger partial charge in [-0.3, -0.25) is 4.79 Å². The van der Waals surface area contributed by atoms with Gasteiger partial charge >= 0.3 is 11.7 Å². The van der Waals surface area contributed by atoms with E-state index in [9.17, 15) is 9.59 Å². The summed E-state index contributed by atoms with van der Waals surface area (Å²) < 4.78 is 4.65. The third-order valence-corrected chi connectivity index (χ3v) is 2.94. The van der Waals surface area contributed by atoms with Crippen molar-refractivity contribution in [1.82, 2.24) is 0 Å². The lowest BCUT2D eigenvalue weighted by atomic mass is 9.97. The fourth-order valence-corrected chi connectivity index (χ4v) is 1.93. The summed E-state index contributed by atoms with van der Waals surface area (Å²) in [5.74, 6) is -1.17. The molecule has 0 radical (unpaired) electrons. The Bertz CT molecular complexity index is 732. The molecule has 0 spiro atoms. The Morgan fingerprint density at radius 1 is 0.952 bits per heavy atom. The lowest BCUT2D eigenvalue weighted by Gasteiger charge is -2.04. The van der Waals surface area contributed by atoms with Crippen molar-refractivity contribution >= 4 is 17.5 Å². The molecule has 0 bridgehead atoms. The Labute approximate surface area is 121 Å². The molecule has 0 aliphatic carbocycles. The van der Waals surface area contributed by atoms with Gasteiger partial charge in [0.2, 0.25) is 0 Å². The number of rotatable bonds is 4. The van der Waals surface area contributed by atoms with Crippen LogP contribution in [0.1, 0.15) is 26.3 Å². The fourth-order valence-electron chi connectivity index (χ4n) is 1.93. The van der Waals surface area contributed by atoms with Crippen LogP contribution in [-0.4, -0.2) is 29.4 Å². The predicted molar refractivity (Wildman–Crippen MR) is 76.3 cm³/mol. The molecule has 0 unspecified atom stereocenters. The zero-order valence-electron chi connectivity index (χ0n) is 11.3. The van der Waals surface area contributed by atoms with E-state index in [1.54, 1.807) is 42.5 Å². The van der Waals surface area contributed by atoms with Crippen molar-refractivity contribution in [3.8, 4) is 0 Å². The summed E-state index contributed by atoms with van der Waals surface area (Å²) in [6.45, 7) is 0. The van der Waals surface area contributed by atoms with Crippen molar-refractivity contribution in [3.63, 3.8) is 0 Å². The quantitative estimate of drug-likeness (QED) is 0.283. The monoisotopic (exact) mass is 280 g/mol. The van der Waals surface area contributed by atoms with Crippen molar-refractivity contribution in [2.45, 2.75) is 0 Å². The van der Waals surface area contributed by atoms with Gasteiger partial charge in [-0.05, 0) is 24.3 Å². The number of carbonyl (C=O) groups excluding carboxylic acids is 2. The van der Waals surface area contributed by atoms with Gasteiger partial charge in [-0.25, -0.2) is 4.79 Å². The molecule has 104 valence electrons. The second kappa shape index (κ2) is 6.41. The molecule has 2 rings (SSSR count). The molecule has 2 aromatic carbocycles. The Morgan fingerprint density at radius 3 is 2.10 bits per heavy atom. The third kappa shape index (κ3) is 2.94. The highest BCUT2D eigenvalue weighted by molar-refractivity contribution is 6.50. The maximum Gasteiger partial charge on any atom is 0.369 e. The van der Waals surface area contributed by atoms with Crippen molar-refractivity contribution in [1.29, 1.82) is 0 Å². The summed E-state index contributed by atoms with van der Waals surface area (Å²) in [6.07, 6.45) is 0. The van der Waals surface area contributed by atoms with Crippen LogP contribution in [0.4, 0.5) is 0 Å². The normalized spacial score (nSPS) is 9.57. The van der Waals surface area contributed by atoms with Gasteiger partial charge in [-0.1, -0.05) is 30.3 Å². The van der Waals surface area contributed by atoms with E-state index >= 15 is 0 Å². The smallest absolute Gasteiger partial charge is 0.369 e. The zero-order valence-corrected chi connectivity index (χ0v) is 11.3. The molecule has 5 heteroatoms. The molecule has 0 aliphatic rings. The van der Waals surface area contributed by atoms with E-state index in [1.165, 1.54) is 19.2 Å². The number of carbonyl (C=O) groups is 2. The van der Waals surface area contributed by atoms with Crippen molar-refractivity contribution in [3.05, 3.63) is 76.8 Å². The van der Waals surface area contributed by atoms with E-state index < -0.39 is 11.8 Å². The molecule has 0 amide bonds. The summed E-state index contributed by atoms with van der Waals surface area (Å²) in [7, 11) is 1.24. The van der Waals surface area contributed by atoms with Crippen molar-refractivity contribution < 1.29 is 19.1 Å². The first-order valence-corrected chi connectivity index (χ1v) is 6.18. The van der Waals surface area contributed by atoms with E-state index in [4.69, 9.17) is 5.53 Å². The highest BCUT2D eigenvalue weighted by Crippen LogP contribution is 2.14. The Hall–Kier alpha value is -3.04. The zero-order chi connectivity index (χ0) is 15.2. The number of benzene rings is 2. The third-order valence-electron chi connectivity index (χ3n) is 2.94. The van der Waals surface area contributed by atoms with Gasteiger partial charge in [0.25, 0.3) is 5.78 Å². The minimum Gasteiger partial charge on any atom is -0.465 e. The first-order valence-electron chi connectivity index (χ1n) is 6.18. The highest BCUT2D eigenvalue weighted by Gasteiger charge is 2.28. The summed E-state index contributed by atoms with van der Waals surface area (Å²) in [6, 6.07) is 14.7. The number of nitrogens with zero attached hydrogens (tertiary/aromatic N) is 2. The first-order chi connectivity index (χ1) is 10.2. The Morgan fingerprint density at radius 2 is 1.52 bits per heavy atom. The molecule has 0 aromatic heterocycles. The van der Waals surface area contributed by atoms with E-state index in [1.807, 2.05) is 0 Å². The van der Waals surface area contributed by atoms with Gasteiger partial charge in [0.1, 0.15) is 0 Å². The predicted octanol–water partition coefficient (Wildman–Crippen LogP) is 2.38. The van der Waals surface area contributed by atoms with Crippen LogP contribution >= 0.6 is 0 Å². The number of ether oxygens (including phenoxy) is 1. The molecule has 0 saturated heterocycles. The number of hydrogen-bond donors (Lipinski definition) is 0. The molecule has 0 N–H and O–H groups in total. The number of ketones is 1. The van der Waals surface area contributed by atoms with E-state index in [2.05, 4.69) is 9.53 Å². The molecular weight excluding hydrogens is 268 g/mol. The van der Waals surface area contributed by atoms with Crippen LogP contribution in [0, 0.1) is 0 Å². The van der Waals surface area contributed by atoms with Gasteiger partial charge in [0, 0.05) is 5.56 Å². The lowest BCUT2D eigenvalue weighted by Crippen LogP contribution is -2.20. The molecule has 2 aromatic rings. The lowest BCUT2D eigenvalue weighted by molar-refractivity contribution is -0.00498. The van der Waals surface area contributed by atoms with Crippen LogP contribution < -0.4 is 0 Å². The van der Waals surface area contributed by atoms with Crippen molar-refractivity contribution in [2.75, 3.05) is 7.11 Å². The van der Waals surface area contributed by atoms with Crippen LogP contribution in [0.3, 0.4) is 0 Å².